The standard InChI is InChI=1S/C21H21F2N3O4/c1-13-4-3-5-15-19(13)25-12-26(20(15)28)9-8-18(27)24-11-14-6-7-16(30-21(22)23)17(10-14)29-2/h3-7,10,12,21H,8-9,11H2,1-2H3,(H,24,27). The number of fused-ring (bicyclic) bond motifs is 1. The molecule has 3 aromatic rings. The number of alkyl halides is 2. The van der Waals surface area contributed by atoms with Gasteiger partial charge < -0.3 is 14.8 Å². The highest BCUT2D eigenvalue weighted by molar-refractivity contribution is 5.80. The summed E-state index contributed by atoms with van der Waals surface area (Å²) in [7, 11) is 1.34. The Morgan fingerprint density at radius 2 is 2.03 bits per heavy atom. The highest BCUT2D eigenvalue weighted by Crippen LogP contribution is 2.29. The first-order chi connectivity index (χ1) is 14.4. The van der Waals surface area contributed by atoms with Crippen molar-refractivity contribution in [2.75, 3.05) is 7.11 Å². The van der Waals surface area contributed by atoms with E-state index in [1.165, 1.54) is 30.1 Å². The molecule has 30 heavy (non-hydrogen) atoms. The molecule has 158 valence electrons. The number of nitrogens with zero attached hydrogens (tertiary/aromatic N) is 2. The van der Waals surface area contributed by atoms with Gasteiger partial charge in [-0.15, -0.1) is 0 Å². The first kappa shape index (κ1) is 21.2. The van der Waals surface area contributed by atoms with Crippen molar-refractivity contribution in [3.63, 3.8) is 0 Å². The number of hydrogen-bond donors (Lipinski definition) is 1. The summed E-state index contributed by atoms with van der Waals surface area (Å²) in [6, 6.07) is 9.81. The van der Waals surface area contributed by atoms with Crippen LogP contribution in [0.3, 0.4) is 0 Å². The molecule has 1 heterocycles. The van der Waals surface area contributed by atoms with Gasteiger partial charge in [-0.05, 0) is 36.2 Å². The molecule has 0 saturated heterocycles. The van der Waals surface area contributed by atoms with Crippen molar-refractivity contribution in [3.05, 3.63) is 64.2 Å². The predicted molar refractivity (Wildman–Crippen MR) is 107 cm³/mol. The predicted octanol–water partition coefficient (Wildman–Crippen LogP) is 3.02. The summed E-state index contributed by atoms with van der Waals surface area (Å²) in [5.41, 5.74) is 2.02. The van der Waals surface area contributed by atoms with Gasteiger partial charge in [0.25, 0.3) is 5.56 Å². The molecule has 0 saturated carbocycles. The highest BCUT2D eigenvalue weighted by atomic mass is 19.3. The molecule has 9 heteroatoms. The molecule has 0 spiro atoms. The molecule has 2 aromatic carbocycles. The number of methoxy groups -OCH3 is 1. The van der Waals surface area contributed by atoms with Gasteiger partial charge in [-0.1, -0.05) is 18.2 Å². The van der Waals surface area contributed by atoms with Crippen molar-refractivity contribution in [1.82, 2.24) is 14.9 Å². The molecule has 0 radical (unpaired) electrons. The zero-order chi connectivity index (χ0) is 21.7. The summed E-state index contributed by atoms with van der Waals surface area (Å²) in [5, 5.41) is 3.24. The number of aryl methyl sites for hydroxylation is 2. The quantitative estimate of drug-likeness (QED) is 0.609. The summed E-state index contributed by atoms with van der Waals surface area (Å²) >= 11 is 0. The van der Waals surface area contributed by atoms with Crippen molar-refractivity contribution in [1.29, 1.82) is 0 Å². The van der Waals surface area contributed by atoms with E-state index in [9.17, 15) is 18.4 Å². The van der Waals surface area contributed by atoms with Crippen LogP contribution in [0.25, 0.3) is 10.9 Å². The first-order valence-corrected chi connectivity index (χ1v) is 9.22. The number of halogens is 2. The third-order valence-electron chi connectivity index (χ3n) is 4.57. The number of hydrogen-bond acceptors (Lipinski definition) is 5. The zero-order valence-corrected chi connectivity index (χ0v) is 16.5. The molecule has 1 aromatic heterocycles. The Morgan fingerprint density at radius 3 is 2.77 bits per heavy atom. The first-order valence-electron chi connectivity index (χ1n) is 9.22. The maximum absolute atomic E-state index is 12.6. The molecule has 0 fully saturated rings. The SMILES string of the molecule is COc1cc(CNC(=O)CCn2cnc3c(C)cccc3c2=O)ccc1OC(F)F. The van der Waals surface area contributed by atoms with E-state index < -0.39 is 6.61 Å². The number of amides is 1. The lowest BCUT2D eigenvalue weighted by Gasteiger charge is -2.12. The van der Waals surface area contributed by atoms with Crippen LogP contribution in [0.1, 0.15) is 17.5 Å². The fraction of sp³-hybridized carbons (Fsp3) is 0.286. The Hall–Kier alpha value is -3.49. The number of para-hydroxylation sites is 1. The molecule has 7 nitrogen and oxygen atoms in total. The van der Waals surface area contributed by atoms with Gasteiger partial charge in [0.2, 0.25) is 5.91 Å². The monoisotopic (exact) mass is 417 g/mol. The average Bonchev–Trinajstić information content (AvgIpc) is 2.72. The summed E-state index contributed by atoms with van der Waals surface area (Å²) in [6.07, 6.45) is 1.53. The minimum atomic E-state index is -2.96. The molecular weight excluding hydrogens is 396 g/mol. The van der Waals surface area contributed by atoms with Gasteiger partial charge >= 0.3 is 6.61 Å². The maximum Gasteiger partial charge on any atom is 0.387 e. The van der Waals surface area contributed by atoms with Gasteiger partial charge in [-0.2, -0.15) is 8.78 Å². The second-order valence-corrected chi connectivity index (χ2v) is 6.60. The van der Waals surface area contributed by atoms with Crippen LogP contribution in [0.2, 0.25) is 0 Å². The van der Waals surface area contributed by atoms with Crippen molar-refractivity contribution in [2.24, 2.45) is 0 Å². The Kier molecular flexibility index (Phi) is 6.61. The van der Waals surface area contributed by atoms with Gasteiger partial charge in [0, 0.05) is 19.5 Å². The second-order valence-electron chi connectivity index (χ2n) is 6.60. The van der Waals surface area contributed by atoms with Gasteiger partial charge in [-0.3, -0.25) is 14.2 Å². The third-order valence-corrected chi connectivity index (χ3v) is 4.57. The number of benzene rings is 2. The summed E-state index contributed by atoms with van der Waals surface area (Å²) in [6.45, 7) is -0.713. The van der Waals surface area contributed by atoms with Gasteiger partial charge in [-0.25, -0.2) is 4.98 Å². The van der Waals surface area contributed by atoms with Crippen LogP contribution in [-0.2, 0) is 17.9 Å². The van der Waals surface area contributed by atoms with E-state index in [0.717, 1.165) is 5.56 Å². The summed E-state index contributed by atoms with van der Waals surface area (Å²) in [4.78, 5) is 29.1. The topological polar surface area (TPSA) is 82.5 Å². The minimum absolute atomic E-state index is 0.0824. The molecule has 0 bridgehead atoms. The average molecular weight is 417 g/mol. The number of carbonyl (C=O) groups excluding carboxylic acids is 1. The van der Waals surface area contributed by atoms with Crippen LogP contribution in [-0.4, -0.2) is 29.2 Å². The number of nitrogens with one attached hydrogen (secondary N) is 1. The van der Waals surface area contributed by atoms with Crippen LogP contribution in [0.4, 0.5) is 8.78 Å². The number of ether oxygens (including phenoxy) is 2. The second kappa shape index (κ2) is 9.34. The summed E-state index contributed by atoms with van der Waals surface area (Å²) in [5.74, 6) is -0.203. The fourth-order valence-electron chi connectivity index (χ4n) is 3.02. The molecule has 0 aliphatic carbocycles. The van der Waals surface area contributed by atoms with Crippen molar-refractivity contribution in [2.45, 2.75) is 33.0 Å². The van der Waals surface area contributed by atoms with Crippen LogP contribution in [0.5, 0.6) is 11.5 Å². The van der Waals surface area contributed by atoms with Gasteiger partial charge in [0.05, 0.1) is 24.3 Å². The van der Waals surface area contributed by atoms with Crippen LogP contribution in [0, 0.1) is 6.92 Å². The fourth-order valence-corrected chi connectivity index (χ4v) is 3.02. The Morgan fingerprint density at radius 1 is 1.23 bits per heavy atom. The molecule has 1 amide bonds. The maximum atomic E-state index is 12.6. The molecule has 0 aliphatic rings. The number of aromatic nitrogens is 2. The number of rotatable bonds is 8. The molecule has 0 aliphatic heterocycles. The lowest BCUT2D eigenvalue weighted by Crippen LogP contribution is -2.27. The number of carbonyl (C=O) groups is 1. The van der Waals surface area contributed by atoms with Gasteiger partial charge in [0.15, 0.2) is 11.5 Å². The Bertz CT molecular complexity index is 1120. The Balaban J connectivity index is 1.60. The van der Waals surface area contributed by atoms with Crippen LogP contribution < -0.4 is 20.3 Å². The van der Waals surface area contributed by atoms with E-state index in [4.69, 9.17) is 4.74 Å². The third kappa shape index (κ3) is 4.91. The normalized spacial score (nSPS) is 11.0. The molecule has 3 rings (SSSR count). The van der Waals surface area contributed by atoms with Crippen molar-refractivity contribution < 1.29 is 23.0 Å². The van der Waals surface area contributed by atoms with Crippen LogP contribution in [0.15, 0.2) is 47.5 Å². The van der Waals surface area contributed by atoms with Crippen molar-refractivity contribution in [3.8, 4) is 11.5 Å². The highest BCUT2D eigenvalue weighted by Gasteiger charge is 2.12. The van der Waals surface area contributed by atoms with E-state index in [-0.39, 0.29) is 42.5 Å². The van der Waals surface area contributed by atoms with Gasteiger partial charge in [0.1, 0.15) is 0 Å². The van der Waals surface area contributed by atoms with E-state index in [1.54, 1.807) is 18.2 Å². The molecule has 0 unspecified atom stereocenters. The smallest absolute Gasteiger partial charge is 0.387 e. The molecular formula is C21H21F2N3O4. The minimum Gasteiger partial charge on any atom is -0.493 e. The van der Waals surface area contributed by atoms with E-state index in [0.29, 0.717) is 16.5 Å². The summed E-state index contributed by atoms with van der Waals surface area (Å²) < 4.78 is 35.6. The Labute approximate surface area is 171 Å². The lowest BCUT2D eigenvalue weighted by molar-refractivity contribution is -0.121. The lowest BCUT2D eigenvalue weighted by atomic mass is 10.1. The van der Waals surface area contributed by atoms with Crippen molar-refractivity contribution >= 4 is 16.8 Å². The molecule has 1 N–H and O–H groups in total. The zero-order valence-electron chi connectivity index (χ0n) is 16.5. The van der Waals surface area contributed by atoms with E-state index >= 15 is 0 Å². The largest absolute Gasteiger partial charge is 0.493 e. The van der Waals surface area contributed by atoms with E-state index in [2.05, 4.69) is 15.0 Å². The van der Waals surface area contributed by atoms with Crippen LogP contribution >= 0.6 is 0 Å². The van der Waals surface area contributed by atoms with E-state index in [1.807, 2.05) is 13.0 Å². The molecule has 0 atom stereocenters.